The van der Waals surface area contributed by atoms with Crippen molar-refractivity contribution in [2.24, 2.45) is 0 Å². The first-order chi connectivity index (χ1) is 14.3. The number of carbonyl (C=O) groups excluding carboxylic acids is 1. The van der Waals surface area contributed by atoms with Crippen LogP contribution in [0, 0.1) is 6.92 Å². The van der Waals surface area contributed by atoms with E-state index >= 15 is 0 Å². The number of nitrogens with zero attached hydrogens (tertiary/aromatic N) is 2. The Morgan fingerprint density at radius 2 is 1.87 bits per heavy atom. The van der Waals surface area contributed by atoms with Crippen molar-refractivity contribution in [3.63, 3.8) is 0 Å². The third-order valence-electron chi connectivity index (χ3n) is 4.74. The summed E-state index contributed by atoms with van der Waals surface area (Å²) in [6.45, 7) is 2.18. The van der Waals surface area contributed by atoms with Crippen molar-refractivity contribution in [2.45, 2.75) is 26.2 Å². The molecular formula is C22H18F3N3O2. The van der Waals surface area contributed by atoms with Crippen LogP contribution in [0.4, 0.5) is 13.2 Å². The lowest BCUT2D eigenvalue weighted by atomic mass is 10.1. The van der Waals surface area contributed by atoms with Crippen molar-refractivity contribution in [1.82, 2.24) is 14.9 Å². The summed E-state index contributed by atoms with van der Waals surface area (Å²) in [4.78, 5) is 16.8. The number of aryl methyl sites for hydroxylation is 1. The normalized spacial score (nSPS) is 11.7. The second-order valence-corrected chi connectivity index (χ2v) is 6.96. The molecule has 4 rings (SSSR count). The van der Waals surface area contributed by atoms with Crippen LogP contribution < -0.4 is 5.32 Å². The predicted octanol–water partition coefficient (Wildman–Crippen LogP) is 4.93. The van der Waals surface area contributed by atoms with Crippen LogP contribution in [0.2, 0.25) is 0 Å². The van der Waals surface area contributed by atoms with Crippen LogP contribution in [0.1, 0.15) is 32.9 Å². The molecule has 0 aliphatic rings. The highest BCUT2D eigenvalue weighted by Gasteiger charge is 2.30. The molecule has 0 spiro atoms. The van der Waals surface area contributed by atoms with Gasteiger partial charge in [0.25, 0.3) is 5.91 Å². The molecule has 0 aliphatic carbocycles. The Morgan fingerprint density at radius 3 is 2.60 bits per heavy atom. The standard InChI is InChI=1S/C22H18F3N3O2/c1-14-9-18-20(30-14)11-19(21(29)27-12-15-5-7-26-8-6-15)28(18)13-16-3-2-4-17(10-16)22(23,24)25/h2-11H,12-13H2,1H3,(H,27,29). The first-order valence-electron chi connectivity index (χ1n) is 9.24. The van der Waals surface area contributed by atoms with E-state index in [1.165, 1.54) is 6.07 Å². The molecule has 0 saturated heterocycles. The molecule has 3 heterocycles. The van der Waals surface area contributed by atoms with Gasteiger partial charge >= 0.3 is 6.18 Å². The zero-order valence-electron chi connectivity index (χ0n) is 16.0. The fraction of sp³-hybridized carbons (Fsp3) is 0.182. The van der Waals surface area contributed by atoms with Crippen LogP contribution in [-0.2, 0) is 19.3 Å². The van der Waals surface area contributed by atoms with Gasteiger partial charge in [-0.2, -0.15) is 13.2 Å². The van der Waals surface area contributed by atoms with Crippen LogP contribution in [0.3, 0.4) is 0 Å². The number of rotatable bonds is 5. The second-order valence-electron chi connectivity index (χ2n) is 6.96. The molecule has 154 valence electrons. The lowest BCUT2D eigenvalue weighted by molar-refractivity contribution is -0.137. The molecule has 5 nitrogen and oxygen atoms in total. The number of furan rings is 1. The third-order valence-corrected chi connectivity index (χ3v) is 4.74. The van der Waals surface area contributed by atoms with Crippen molar-refractivity contribution in [2.75, 3.05) is 0 Å². The quantitative estimate of drug-likeness (QED) is 0.504. The van der Waals surface area contributed by atoms with E-state index in [4.69, 9.17) is 4.42 Å². The van der Waals surface area contributed by atoms with E-state index in [1.54, 1.807) is 54.2 Å². The topological polar surface area (TPSA) is 60.1 Å². The van der Waals surface area contributed by atoms with E-state index in [0.29, 0.717) is 34.7 Å². The summed E-state index contributed by atoms with van der Waals surface area (Å²) >= 11 is 0. The van der Waals surface area contributed by atoms with Gasteiger partial charge in [0, 0.05) is 37.6 Å². The maximum absolute atomic E-state index is 13.1. The Bertz CT molecular complexity index is 1190. The molecule has 30 heavy (non-hydrogen) atoms. The number of fused-ring (bicyclic) bond motifs is 1. The smallest absolute Gasteiger partial charge is 0.416 e. The summed E-state index contributed by atoms with van der Waals surface area (Å²) in [5.41, 5.74) is 2.07. The van der Waals surface area contributed by atoms with E-state index < -0.39 is 11.7 Å². The Morgan fingerprint density at radius 1 is 1.10 bits per heavy atom. The van der Waals surface area contributed by atoms with Gasteiger partial charge in [0.05, 0.1) is 11.1 Å². The van der Waals surface area contributed by atoms with Crippen LogP contribution in [0.5, 0.6) is 0 Å². The Kier molecular flexibility index (Phi) is 5.07. The predicted molar refractivity (Wildman–Crippen MR) is 105 cm³/mol. The summed E-state index contributed by atoms with van der Waals surface area (Å²) in [5.74, 6) is 0.310. The van der Waals surface area contributed by atoms with Crippen LogP contribution in [-0.4, -0.2) is 15.5 Å². The summed E-state index contributed by atoms with van der Waals surface area (Å²) in [6, 6.07) is 12.0. The van der Waals surface area contributed by atoms with Crippen molar-refractivity contribution in [1.29, 1.82) is 0 Å². The average Bonchev–Trinajstić information content (AvgIpc) is 3.23. The van der Waals surface area contributed by atoms with Gasteiger partial charge < -0.3 is 14.3 Å². The van der Waals surface area contributed by atoms with Crippen LogP contribution in [0.15, 0.2) is 65.3 Å². The monoisotopic (exact) mass is 413 g/mol. The van der Waals surface area contributed by atoms with Crippen molar-refractivity contribution in [3.05, 3.63) is 89.1 Å². The van der Waals surface area contributed by atoms with Gasteiger partial charge in [-0.1, -0.05) is 12.1 Å². The molecule has 3 aromatic heterocycles. The molecule has 1 amide bonds. The van der Waals surface area contributed by atoms with Gasteiger partial charge in [-0.15, -0.1) is 0 Å². The molecule has 0 unspecified atom stereocenters. The Balaban J connectivity index is 1.65. The first-order valence-corrected chi connectivity index (χ1v) is 9.24. The summed E-state index contributed by atoms with van der Waals surface area (Å²) < 4.78 is 46.5. The number of aromatic nitrogens is 2. The van der Waals surface area contributed by atoms with Crippen molar-refractivity contribution >= 4 is 17.0 Å². The minimum absolute atomic E-state index is 0.102. The lowest BCUT2D eigenvalue weighted by Crippen LogP contribution is -2.25. The van der Waals surface area contributed by atoms with Gasteiger partial charge in [0.15, 0.2) is 5.58 Å². The van der Waals surface area contributed by atoms with Gasteiger partial charge in [-0.05, 0) is 42.3 Å². The number of benzene rings is 1. The third kappa shape index (κ3) is 4.07. The van der Waals surface area contributed by atoms with Crippen LogP contribution in [0.25, 0.3) is 11.1 Å². The number of hydrogen-bond acceptors (Lipinski definition) is 3. The zero-order chi connectivity index (χ0) is 21.3. The van der Waals surface area contributed by atoms with Gasteiger partial charge in [0.1, 0.15) is 11.5 Å². The Hall–Kier alpha value is -3.55. The minimum atomic E-state index is -4.43. The van der Waals surface area contributed by atoms with Gasteiger partial charge in [0.2, 0.25) is 0 Å². The molecule has 0 atom stereocenters. The largest absolute Gasteiger partial charge is 0.460 e. The van der Waals surface area contributed by atoms with E-state index in [9.17, 15) is 18.0 Å². The number of carbonyl (C=O) groups is 1. The lowest BCUT2D eigenvalue weighted by Gasteiger charge is -2.13. The highest BCUT2D eigenvalue weighted by atomic mass is 19.4. The highest BCUT2D eigenvalue weighted by Crippen LogP contribution is 2.30. The molecule has 0 radical (unpaired) electrons. The van der Waals surface area contributed by atoms with Crippen molar-refractivity contribution in [3.8, 4) is 0 Å². The molecule has 4 aromatic rings. The molecule has 0 saturated carbocycles. The summed E-state index contributed by atoms with van der Waals surface area (Å²) in [7, 11) is 0. The molecule has 0 fully saturated rings. The van der Waals surface area contributed by atoms with E-state index in [0.717, 1.165) is 17.7 Å². The maximum atomic E-state index is 13.1. The number of hydrogen-bond donors (Lipinski definition) is 1. The summed E-state index contributed by atoms with van der Waals surface area (Å²) in [5, 5.41) is 2.83. The fourth-order valence-corrected chi connectivity index (χ4v) is 3.33. The molecule has 8 heteroatoms. The molecular weight excluding hydrogens is 395 g/mol. The molecule has 1 N–H and O–H groups in total. The Labute approximate surface area is 170 Å². The van der Waals surface area contributed by atoms with Crippen molar-refractivity contribution < 1.29 is 22.4 Å². The number of pyridine rings is 1. The number of nitrogens with one attached hydrogen (secondary N) is 1. The number of amides is 1. The zero-order valence-corrected chi connectivity index (χ0v) is 16.0. The second kappa shape index (κ2) is 7.70. The van der Waals surface area contributed by atoms with E-state index in [1.807, 2.05) is 0 Å². The van der Waals surface area contributed by atoms with Gasteiger partial charge in [-0.3, -0.25) is 9.78 Å². The van der Waals surface area contributed by atoms with Crippen LogP contribution >= 0.6 is 0 Å². The van der Waals surface area contributed by atoms with Gasteiger partial charge in [-0.25, -0.2) is 0 Å². The van der Waals surface area contributed by atoms with E-state index in [-0.39, 0.29) is 12.5 Å². The average molecular weight is 413 g/mol. The molecule has 0 bridgehead atoms. The highest BCUT2D eigenvalue weighted by molar-refractivity contribution is 5.97. The molecule has 1 aromatic carbocycles. The number of alkyl halides is 3. The first kappa shape index (κ1) is 19.8. The number of halogens is 3. The molecule has 0 aliphatic heterocycles. The maximum Gasteiger partial charge on any atom is 0.416 e. The minimum Gasteiger partial charge on any atom is -0.460 e. The van der Waals surface area contributed by atoms with E-state index in [2.05, 4.69) is 10.3 Å². The SMILES string of the molecule is Cc1cc2c(cc(C(=O)NCc3ccncc3)n2Cc2cccc(C(F)(F)F)c2)o1. The summed E-state index contributed by atoms with van der Waals surface area (Å²) in [6.07, 6.45) is -1.17. The fourth-order valence-electron chi connectivity index (χ4n) is 3.33.